The van der Waals surface area contributed by atoms with Crippen molar-refractivity contribution in [2.45, 2.75) is 97.5 Å². The van der Waals surface area contributed by atoms with Crippen LogP contribution in [0.15, 0.2) is 0 Å². The quantitative estimate of drug-likeness (QED) is 0.493. The second kappa shape index (κ2) is 13.5. The van der Waals surface area contributed by atoms with Gasteiger partial charge in [0, 0.05) is 18.2 Å². The zero-order valence-corrected chi connectivity index (χ0v) is 19.8. The van der Waals surface area contributed by atoms with Crippen molar-refractivity contribution < 1.29 is 9.59 Å². The maximum Gasteiger partial charge on any atom is 0.243 e. The van der Waals surface area contributed by atoms with E-state index in [1.165, 1.54) is 0 Å². The number of nitrogens with one attached hydrogen (secondary N) is 1. The van der Waals surface area contributed by atoms with E-state index in [0.717, 1.165) is 51.7 Å². The molecule has 0 aliphatic carbocycles. The summed E-state index contributed by atoms with van der Waals surface area (Å²) in [5.41, 5.74) is 0. The molecule has 0 aromatic rings. The van der Waals surface area contributed by atoms with E-state index in [2.05, 4.69) is 51.8 Å². The summed E-state index contributed by atoms with van der Waals surface area (Å²) >= 11 is 1.77. The molecule has 0 bridgehead atoms. The summed E-state index contributed by atoms with van der Waals surface area (Å²) in [6.07, 6.45) is 5.45. The van der Waals surface area contributed by atoms with Crippen LogP contribution in [0.25, 0.3) is 0 Å². The van der Waals surface area contributed by atoms with E-state index in [1.54, 1.807) is 11.8 Å². The number of thioether (sulfide) groups is 1. The number of amides is 2. The number of hydrogen-bond acceptors (Lipinski definition) is 4. The van der Waals surface area contributed by atoms with Crippen LogP contribution in [0.3, 0.4) is 0 Å². The van der Waals surface area contributed by atoms with Gasteiger partial charge >= 0.3 is 0 Å². The maximum absolute atomic E-state index is 13.0. The average Bonchev–Trinajstić information content (AvgIpc) is 3.06. The fourth-order valence-corrected chi connectivity index (χ4v) is 5.38. The van der Waals surface area contributed by atoms with Gasteiger partial charge in [-0.2, -0.15) is 0 Å². The molecule has 1 aliphatic rings. The van der Waals surface area contributed by atoms with Crippen LogP contribution in [0.2, 0.25) is 0 Å². The number of hydrogen-bond donors (Lipinski definition) is 1. The van der Waals surface area contributed by atoms with Gasteiger partial charge in [-0.05, 0) is 58.2 Å². The highest BCUT2D eigenvalue weighted by Gasteiger charge is 2.41. The normalized spacial score (nSPS) is 20.8. The van der Waals surface area contributed by atoms with Crippen molar-refractivity contribution in [3.8, 4) is 0 Å². The van der Waals surface area contributed by atoms with E-state index in [0.29, 0.717) is 18.1 Å². The Hall–Kier alpha value is -0.750. The molecule has 2 amide bonds. The van der Waals surface area contributed by atoms with Gasteiger partial charge in [0.05, 0.1) is 5.37 Å². The molecule has 0 aromatic carbocycles. The van der Waals surface area contributed by atoms with Crippen molar-refractivity contribution in [3.63, 3.8) is 0 Å². The fraction of sp³-hybridized carbons (Fsp3) is 0.909. The maximum atomic E-state index is 13.0. The van der Waals surface area contributed by atoms with Gasteiger partial charge in [0.25, 0.3) is 0 Å². The van der Waals surface area contributed by atoms with Gasteiger partial charge in [0.1, 0.15) is 6.04 Å². The van der Waals surface area contributed by atoms with Crippen molar-refractivity contribution in [2.24, 2.45) is 5.92 Å². The van der Waals surface area contributed by atoms with Crippen LogP contribution < -0.4 is 5.32 Å². The molecule has 1 rings (SSSR count). The monoisotopic (exact) mass is 413 g/mol. The fourth-order valence-electron chi connectivity index (χ4n) is 3.71. The van der Waals surface area contributed by atoms with Crippen LogP contribution in [-0.4, -0.2) is 64.5 Å². The van der Waals surface area contributed by atoms with Crippen LogP contribution in [0, 0.1) is 5.92 Å². The third-order valence-corrected chi connectivity index (χ3v) is 6.81. The lowest BCUT2D eigenvalue weighted by Gasteiger charge is -2.30. The van der Waals surface area contributed by atoms with E-state index in [4.69, 9.17) is 0 Å². The summed E-state index contributed by atoms with van der Waals surface area (Å²) in [5, 5.41) is 3.32. The molecule has 28 heavy (non-hydrogen) atoms. The molecule has 6 heteroatoms. The van der Waals surface area contributed by atoms with Gasteiger partial charge in [0.15, 0.2) is 0 Å². The smallest absolute Gasteiger partial charge is 0.243 e. The minimum atomic E-state index is -0.316. The van der Waals surface area contributed by atoms with Crippen molar-refractivity contribution in [1.29, 1.82) is 0 Å². The lowest BCUT2D eigenvalue weighted by Crippen LogP contribution is -2.51. The Morgan fingerprint density at radius 3 is 2.39 bits per heavy atom. The Balaban J connectivity index is 2.63. The van der Waals surface area contributed by atoms with Gasteiger partial charge < -0.3 is 15.1 Å². The molecule has 0 radical (unpaired) electrons. The second-order valence-corrected chi connectivity index (χ2v) is 9.63. The van der Waals surface area contributed by atoms with Crippen LogP contribution in [-0.2, 0) is 9.59 Å². The van der Waals surface area contributed by atoms with Crippen molar-refractivity contribution in [2.75, 3.05) is 25.4 Å². The number of nitrogens with zero attached hydrogens (tertiary/aromatic N) is 2. The molecular weight excluding hydrogens is 370 g/mol. The zero-order chi connectivity index (χ0) is 21.1. The summed E-state index contributed by atoms with van der Waals surface area (Å²) in [7, 11) is 0. The topological polar surface area (TPSA) is 52.7 Å². The van der Waals surface area contributed by atoms with Crippen LogP contribution in [0.5, 0.6) is 0 Å². The van der Waals surface area contributed by atoms with Gasteiger partial charge in [0.2, 0.25) is 11.8 Å². The van der Waals surface area contributed by atoms with E-state index >= 15 is 0 Å². The van der Waals surface area contributed by atoms with E-state index in [-0.39, 0.29) is 29.3 Å². The van der Waals surface area contributed by atoms with Gasteiger partial charge in [-0.15, -0.1) is 11.8 Å². The number of carbonyl (C=O) groups is 2. The molecule has 1 aliphatic heterocycles. The first kappa shape index (κ1) is 25.3. The SMILES string of the molecule is CCCCC(=O)N1C(CC(C)C)SCC1C(=O)NC(C)CCCN(CC)CC. The first-order valence-corrected chi connectivity index (χ1v) is 12.3. The first-order valence-electron chi connectivity index (χ1n) is 11.3. The van der Waals surface area contributed by atoms with Gasteiger partial charge in [-0.25, -0.2) is 0 Å². The molecule has 0 aromatic heterocycles. The number of rotatable bonds is 13. The van der Waals surface area contributed by atoms with E-state index in [1.807, 2.05) is 4.90 Å². The second-order valence-electron chi connectivity index (χ2n) is 8.42. The van der Waals surface area contributed by atoms with Crippen LogP contribution in [0.4, 0.5) is 0 Å². The number of carbonyl (C=O) groups excluding carboxylic acids is 2. The zero-order valence-electron chi connectivity index (χ0n) is 19.0. The summed E-state index contributed by atoms with van der Waals surface area (Å²) in [5.74, 6) is 1.40. The Labute approximate surface area is 177 Å². The number of unbranched alkanes of at least 4 members (excludes halogenated alkanes) is 1. The summed E-state index contributed by atoms with van der Waals surface area (Å²) in [6.45, 7) is 16.1. The third-order valence-electron chi connectivity index (χ3n) is 5.49. The molecule has 1 heterocycles. The average molecular weight is 414 g/mol. The van der Waals surface area contributed by atoms with Gasteiger partial charge in [-0.1, -0.05) is 41.0 Å². The highest BCUT2D eigenvalue weighted by molar-refractivity contribution is 8.00. The van der Waals surface area contributed by atoms with Gasteiger partial charge in [-0.3, -0.25) is 9.59 Å². The Morgan fingerprint density at radius 2 is 1.82 bits per heavy atom. The minimum absolute atomic E-state index is 0.0268. The first-order chi connectivity index (χ1) is 13.3. The molecule has 5 nitrogen and oxygen atoms in total. The highest BCUT2D eigenvalue weighted by atomic mass is 32.2. The Bertz CT molecular complexity index is 469. The van der Waals surface area contributed by atoms with Crippen LogP contribution >= 0.6 is 11.8 Å². The molecular formula is C22H43N3O2S. The summed E-state index contributed by atoms with van der Waals surface area (Å²) < 4.78 is 0. The molecule has 3 unspecified atom stereocenters. The Morgan fingerprint density at radius 1 is 1.14 bits per heavy atom. The molecule has 1 saturated heterocycles. The molecule has 1 N–H and O–H groups in total. The largest absolute Gasteiger partial charge is 0.352 e. The molecule has 0 spiro atoms. The van der Waals surface area contributed by atoms with E-state index < -0.39 is 0 Å². The molecule has 164 valence electrons. The Kier molecular flexibility index (Phi) is 12.2. The van der Waals surface area contributed by atoms with E-state index in [9.17, 15) is 9.59 Å². The molecule has 1 fully saturated rings. The lowest BCUT2D eigenvalue weighted by molar-refractivity contribution is -0.140. The predicted octanol–water partition coefficient (Wildman–Crippen LogP) is 4.12. The van der Waals surface area contributed by atoms with Crippen molar-refractivity contribution in [3.05, 3.63) is 0 Å². The summed E-state index contributed by atoms with van der Waals surface area (Å²) in [4.78, 5) is 30.1. The highest BCUT2D eigenvalue weighted by Crippen LogP contribution is 2.34. The van der Waals surface area contributed by atoms with Crippen molar-refractivity contribution in [1.82, 2.24) is 15.1 Å². The molecule has 0 saturated carbocycles. The standard InChI is InChI=1S/C22H43N3O2S/c1-7-10-13-20(26)25-19(16-28-21(25)15-17(4)5)22(27)23-18(6)12-11-14-24(8-2)9-3/h17-19,21H,7-16H2,1-6H3,(H,23,27). The lowest BCUT2D eigenvalue weighted by atomic mass is 10.1. The van der Waals surface area contributed by atoms with Crippen molar-refractivity contribution >= 4 is 23.6 Å². The van der Waals surface area contributed by atoms with Crippen LogP contribution in [0.1, 0.15) is 80.1 Å². The minimum Gasteiger partial charge on any atom is -0.352 e. The molecule has 3 atom stereocenters. The third kappa shape index (κ3) is 8.32. The summed E-state index contributed by atoms with van der Waals surface area (Å²) in [6, 6.07) is -0.173. The predicted molar refractivity (Wildman–Crippen MR) is 120 cm³/mol.